The van der Waals surface area contributed by atoms with Gasteiger partial charge in [0.25, 0.3) is 0 Å². The van der Waals surface area contributed by atoms with E-state index in [4.69, 9.17) is 0 Å². The van der Waals surface area contributed by atoms with Crippen LogP contribution in [0.25, 0.3) is 0 Å². The second-order valence-electron chi connectivity index (χ2n) is 1.91. The van der Waals surface area contributed by atoms with Gasteiger partial charge in [-0.2, -0.15) is 6.42 Å². The second-order valence-corrected chi connectivity index (χ2v) is 1.91. The van der Waals surface area contributed by atoms with Crippen molar-refractivity contribution in [1.82, 2.24) is 0 Å². The standard InChI is InChI=1S/C7H15.3Rb/c1-3-5-7-6-4-2;;;/h1,3-7H2,2H3;;;/q-1;3*+1. The third-order valence-corrected chi connectivity index (χ3v) is 1.10. The molecule has 0 amide bonds. The number of hydrogen-bond donors (Lipinski definition) is 0. The Morgan fingerprint density at radius 1 is 0.900 bits per heavy atom. The van der Waals surface area contributed by atoms with E-state index in [1.54, 1.807) is 0 Å². The molecule has 0 unspecified atom stereocenters. The Labute approximate surface area is 213 Å². The normalized spacial score (nSPS) is 6.60. The predicted molar refractivity (Wildman–Crippen MR) is 34.1 cm³/mol. The van der Waals surface area contributed by atoms with E-state index < -0.39 is 0 Å². The van der Waals surface area contributed by atoms with Gasteiger partial charge in [0.1, 0.15) is 0 Å². The van der Waals surface area contributed by atoms with E-state index in [1.807, 2.05) is 0 Å². The van der Waals surface area contributed by atoms with Gasteiger partial charge in [-0.15, -0.1) is 0 Å². The van der Waals surface area contributed by atoms with Crippen molar-refractivity contribution < 1.29 is 175 Å². The van der Waals surface area contributed by atoms with Gasteiger partial charge < -0.3 is 6.92 Å². The molecule has 0 aromatic heterocycles. The molecule has 0 bridgehead atoms. The summed E-state index contributed by atoms with van der Waals surface area (Å²) in [4.78, 5) is 0. The van der Waals surface area contributed by atoms with Crippen molar-refractivity contribution in [2.24, 2.45) is 0 Å². The maximum absolute atomic E-state index is 3.76. The molecule has 0 nitrogen and oxygen atoms in total. The van der Waals surface area contributed by atoms with Gasteiger partial charge in [0, 0.05) is 0 Å². The van der Waals surface area contributed by atoms with Crippen molar-refractivity contribution in [2.45, 2.75) is 39.0 Å². The molecule has 0 aromatic carbocycles. The van der Waals surface area contributed by atoms with E-state index in [-0.39, 0.29) is 175 Å². The molecule has 0 fully saturated rings. The Kier molecular flexibility index (Phi) is 58.8. The summed E-state index contributed by atoms with van der Waals surface area (Å²) >= 11 is 0. The first-order valence-electron chi connectivity index (χ1n) is 3.21. The van der Waals surface area contributed by atoms with Crippen molar-refractivity contribution in [2.75, 3.05) is 0 Å². The van der Waals surface area contributed by atoms with Gasteiger partial charge in [-0.3, -0.25) is 0 Å². The summed E-state index contributed by atoms with van der Waals surface area (Å²) in [7, 11) is 0. The van der Waals surface area contributed by atoms with Crippen LogP contribution in [0.1, 0.15) is 39.0 Å². The van der Waals surface area contributed by atoms with Crippen LogP contribution in [-0.4, -0.2) is 0 Å². The predicted octanol–water partition coefficient (Wildman–Crippen LogP) is -6.20. The van der Waals surface area contributed by atoms with Crippen LogP contribution in [0.2, 0.25) is 0 Å². The van der Waals surface area contributed by atoms with Crippen LogP contribution in [-0.2, 0) is 0 Å². The fourth-order valence-corrected chi connectivity index (χ4v) is 0.604. The first-order valence-corrected chi connectivity index (χ1v) is 3.21. The van der Waals surface area contributed by atoms with Crippen LogP contribution in [0.4, 0.5) is 0 Å². The zero-order valence-corrected chi connectivity index (χ0v) is 23.0. The molecule has 3 heteroatoms. The third kappa shape index (κ3) is 23.3. The molecule has 10 heavy (non-hydrogen) atoms. The summed E-state index contributed by atoms with van der Waals surface area (Å²) in [6.45, 7) is 5.98. The molecule has 0 saturated carbocycles. The van der Waals surface area contributed by atoms with Gasteiger partial charge in [0.05, 0.1) is 0 Å². The van der Waals surface area contributed by atoms with E-state index in [2.05, 4.69) is 13.8 Å². The Bertz CT molecular complexity index is 28.0. The summed E-state index contributed by atoms with van der Waals surface area (Å²) in [6, 6.07) is 0. The van der Waals surface area contributed by atoms with Crippen molar-refractivity contribution in [3.8, 4) is 0 Å². The van der Waals surface area contributed by atoms with Crippen LogP contribution in [0, 0.1) is 6.92 Å². The molecular weight excluding hydrogens is 340 g/mol. The molecule has 0 rings (SSSR count). The van der Waals surface area contributed by atoms with E-state index in [0.29, 0.717) is 0 Å². The third-order valence-electron chi connectivity index (χ3n) is 1.10. The Balaban J connectivity index is -0.0000000600. The molecule has 0 N–H and O–H groups in total. The maximum atomic E-state index is 3.76. The molecular formula is C7H15Rb3+2. The smallest absolute Gasteiger partial charge is 0.343 e. The van der Waals surface area contributed by atoms with Crippen molar-refractivity contribution in [1.29, 1.82) is 0 Å². The Morgan fingerprint density at radius 3 is 1.70 bits per heavy atom. The second kappa shape index (κ2) is 23.9. The first kappa shape index (κ1) is 24.6. The molecule has 0 aliphatic heterocycles. The van der Waals surface area contributed by atoms with Crippen molar-refractivity contribution >= 4 is 0 Å². The average Bonchev–Trinajstić information content (AvgIpc) is 1.69. The fourth-order valence-electron chi connectivity index (χ4n) is 0.604. The quantitative estimate of drug-likeness (QED) is 0.348. The molecule has 0 radical (unpaired) electrons. The van der Waals surface area contributed by atoms with Gasteiger partial charge in [-0.1, -0.05) is 32.6 Å². The minimum absolute atomic E-state index is 0. The molecule has 0 saturated heterocycles. The van der Waals surface area contributed by atoms with Crippen molar-refractivity contribution in [3.63, 3.8) is 0 Å². The van der Waals surface area contributed by atoms with E-state index in [1.165, 1.54) is 25.7 Å². The zero-order valence-electron chi connectivity index (χ0n) is 8.24. The average molecular weight is 356 g/mol. The molecule has 0 spiro atoms. The summed E-state index contributed by atoms with van der Waals surface area (Å²) < 4.78 is 0. The van der Waals surface area contributed by atoms with Crippen LogP contribution >= 0.6 is 0 Å². The Morgan fingerprint density at radius 2 is 1.40 bits per heavy atom. The molecule has 44 valence electrons. The first-order chi connectivity index (χ1) is 3.41. The van der Waals surface area contributed by atoms with E-state index in [9.17, 15) is 0 Å². The summed E-state index contributed by atoms with van der Waals surface area (Å²) in [5.74, 6) is 0. The van der Waals surface area contributed by atoms with Crippen LogP contribution in [0.3, 0.4) is 0 Å². The van der Waals surface area contributed by atoms with Gasteiger partial charge >= 0.3 is 175 Å². The van der Waals surface area contributed by atoms with Gasteiger partial charge in [-0.25, -0.2) is 0 Å². The van der Waals surface area contributed by atoms with E-state index in [0.717, 1.165) is 6.42 Å². The molecule has 0 aliphatic rings. The van der Waals surface area contributed by atoms with Crippen LogP contribution in [0.15, 0.2) is 0 Å². The number of hydrogen-bond acceptors (Lipinski definition) is 0. The molecule has 0 aliphatic carbocycles. The largest absolute Gasteiger partial charge is 1.00 e. The minimum Gasteiger partial charge on any atom is -0.343 e. The van der Waals surface area contributed by atoms with E-state index >= 15 is 0 Å². The summed E-state index contributed by atoms with van der Waals surface area (Å²) in [6.07, 6.45) is 6.52. The topological polar surface area (TPSA) is 0 Å². The SMILES string of the molecule is [CH2-]CCCCCC.[Rb+].[Rb+].[Rb+]. The van der Waals surface area contributed by atoms with Crippen LogP contribution in [0.5, 0.6) is 0 Å². The molecule has 0 heterocycles. The summed E-state index contributed by atoms with van der Waals surface area (Å²) in [5.41, 5.74) is 0. The van der Waals surface area contributed by atoms with Gasteiger partial charge in [-0.05, 0) is 0 Å². The maximum Gasteiger partial charge on any atom is 1.00 e. The number of unbranched alkanes of at least 4 members (excludes halogenated alkanes) is 4. The monoisotopic (exact) mass is 354 g/mol. The molecule has 0 atom stereocenters. The van der Waals surface area contributed by atoms with Gasteiger partial charge in [0.2, 0.25) is 0 Å². The van der Waals surface area contributed by atoms with Crippen molar-refractivity contribution in [3.05, 3.63) is 6.92 Å². The Hall–Kier alpha value is 5.42. The molecule has 0 aromatic rings. The van der Waals surface area contributed by atoms with Gasteiger partial charge in [0.15, 0.2) is 0 Å². The summed E-state index contributed by atoms with van der Waals surface area (Å²) in [5, 5.41) is 0. The fraction of sp³-hybridized carbons (Fsp3) is 0.857. The van der Waals surface area contributed by atoms with Crippen LogP contribution < -0.4 is 175 Å². The number of rotatable bonds is 4. The minimum atomic E-state index is 0. The zero-order chi connectivity index (χ0) is 5.54.